The highest BCUT2D eigenvalue weighted by molar-refractivity contribution is 7.22. The smallest absolute Gasteiger partial charge is 0.350 e. The Kier molecular flexibility index (Phi) is 7.15. The summed E-state index contributed by atoms with van der Waals surface area (Å²) in [6, 6.07) is 11.8. The second kappa shape index (κ2) is 9.80. The van der Waals surface area contributed by atoms with Crippen molar-refractivity contribution in [3.8, 4) is 5.75 Å². The van der Waals surface area contributed by atoms with Crippen LogP contribution in [0.4, 0.5) is 4.79 Å². The maximum atomic E-state index is 12.4. The Hall–Kier alpha value is -2.81. The molecule has 3 aromatic rings. The van der Waals surface area contributed by atoms with Gasteiger partial charge in [0.1, 0.15) is 15.6 Å². The van der Waals surface area contributed by atoms with Gasteiger partial charge in [-0.1, -0.05) is 53.5 Å². The summed E-state index contributed by atoms with van der Waals surface area (Å²) in [7, 11) is 1.48. The summed E-state index contributed by atoms with van der Waals surface area (Å²) >= 11 is 13.6. The first-order valence-corrected chi connectivity index (χ1v) is 10.2. The molecule has 30 heavy (non-hydrogen) atoms. The molecule has 0 bridgehead atoms. The first-order valence-electron chi connectivity index (χ1n) is 8.64. The van der Waals surface area contributed by atoms with Crippen molar-refractivity contribution in [1.82, 2.24) is 10.6 Å². The number of methoxy groups -OCH3 is 1. The number of thiophene rings is 1. The van der Waals surface area contributed by atoms with E-state index in [9.17, 15) is 14.4 Å². The van der Waals surface area contributed by atoms with E-state index in [4.69, 9.17) is 32.7 Å². The highest BCUT2D eigenvalue weighted by Crippen LogP contribution is 2.43. The summed E-state index contributed by atoms with van der Waals surface area (Å²) in [5.41, 5.74) is 0.876. The minimum absolute atomic E-state index is 0.100. The Balaban J connectivity index is 1.56. The number of rotatable bonds is 6. The lowest BCUT2D eigenvalue weighted by Crippen LogP contribution is -2.41. The SMILES string of the molecule is COc1ccc2c(Cl)c(C(=O)OCC(=O)NC(=O)NCc3ccccc3)sc2c1Cl. The predicted octanol–water partition coefficient (Wildman–Crippen LogP) is 4.40. The lowest BCUT2D eigenvalue weighted by molar-refractivity contribution is -0.123. The lowest BCUT2D eigenvalue weighted by atomic mass is 10.2. The van der Waals surface area contributed by atoms with Gasteiger partial charge >= 0.3 is 12.0 Å². The molecular formula is C20H16Cl2N2O5S. The van der Waals surface area contributed by atoms with Gasteiger partial charge in [0.25, 0.3) is 5.91 Å². The van der Waals surface area contributed by atoms with Crippen molar-refractivity contribution in [3.63, 3.8) is 0 Å². The van der Waals surface area contributed by atoms with Gasteiger partial charge in [-0.2, -0.15) is 0 Å². The largest absolute Gasteiger partial charge is 0.495 e. The van der Waals surface area contributed by atoms with E-state index in [0.29, 0.717) is 20.9 Å². The summed E-state index contributed by atoms with van der Waals surface area (Å²) < 4.78 is 10.7. The number of urea groups is 1. The molecule has 7 nitrogen and oxygen atoms in total. The summed E-state index contributed by atoms with van der Waals surface area (Å²) in [4.78, 5) is 36.1. The maximum Gasteiger partial charge on any atom is 0.350 e. The van der Waals surface area contributed by atoms with E-state index in [1.54, 1.807) is 12.1 Å². The van der Waals surface area contributed by atoms with E-state index < -0.39 is 24.5 Å². The molecule has 0 aliphatic rings. The average molecular weight is 467 g/mol. The summed E-state index contributed by atoms with van der Waals surface area (Å²) in [5.74, 6) is -1.12. The number of ether oxygens (including phenoxy) is 2. The number of hydrogen-bond donors (Lipinski definition) is 2. The maximum absolute atomic E-state index is 12.4. The molecule has 2 aromatic carbocycles. The number of imide groups is 1. The Labute approximate surface area is 185 Å². The molecule has 0 radical (unpaired) electrons. The zero-order chi connectivity index (χ0) is 21.7. The fraction of sp³-hybridized carbons (Fsp3) is 0.150. The van der Waals surface area contributed by atoms with Crippen LogP contribution in [0.1, 0.15) is 15.2 Å². The molecule has 0 aliphatic heterocycles. The van der Waals surface area contributed by atoms with E-state index >= 15 is 0 Å². The van der Waals surface area contributed by atoms with Gasteiger partial charge < -0.3 is 14.8 Å². The van der Waals surface area contributed by atoms with Gasteiger partial charge in [0.05, 0.1) is 16.8 Å². The minimum atomic E-state index is -0.795. The van der Waals surface area contributed by atoms with E-state index in [1.165, 1.54) is 7.11 Å². The predicted molar refractivity (Wildman–Crippen MR) is 115 cm³/mol. The number of amides is 3. The van der Waals surface area contributed by atoms with Gasteiger partial charge in [-0.05, 0) is 17.7 Å². The molecule has 156 valence electrons. The van der Waals surface area contributed by atoms with Crippen LogP contribution in [0, 0.1) is 0 Å². The van der Waals surface area contributed by atoms with Gasteiger partial charge in [-0.3, -0.25) is 10.1 Å². The second-order valence-corrected chi connectivity index (χ2v) is 7.77. The fourth-order valence-corrected chi connectivity index (χ4v) is 4.33. The third kappa shape index (κ3) is 5.02. The molecule has 0 fully saturated rings. The number of nitrogens with one attached hydrogen (secondary N) is 2. The Morgan fingerprint density at radius 3 is 2.47 bits per heavy atom. The van der Waals surface area contributed by atoms with Crippen LogP contribution in [-0.4, -0.2) is 31.6 Å². The van der Waals surface area contributed by atoms with Gasteiger partial charge in [0.15, 0.2) is 6.61 Å². The van der Waals surface area contributed by atoms with Crippen LogP contribution in [0.15, 0.2) is 42.5 Å². The van der Waals surface area contributed by atoms with Crippen LogP contribution < -0.4 is 15.4 Å². The first kappa shape index (κ1) is 21.9. The van der Waals surface area contributed by atoms with Crippen LogP contribution in [0.5, 0.6) is 5.75 Å². The third-order valence-corrected chi connectivity index (χ3v) is 6.19. The highest BCUT2D eigenvalue weighted by Gasteiger charge is 2.22. The van der Waals surface area contributed by atoms with Gasteiger partial charge in [0, 0.05) is 11.9 Å². The molecule has 1 heterocycles. The molecular weight excluding hydrogens is 451 g/mol. The fourth-order valence-electron chi connectivity index (χ4n) is 2.55. The lowest BCUT2D eigenvalue weighted by Gasteiger charge is -2.07. The number of esters is 1. The molecule has 0 saturated carbocycles. The van der Waals surface area contributed by atoms with E-state index in [1.807, 2.05) is 30.3 Å². The van der Waals surface area contributed by atoms with Gasteiger partial charge in [-0.25, -0.2) is 9.59 Å². The molecule has 0 atom stereocenters. The Bertz CT molecular complexity index is 1100. The normalized spacial score (nSPS) is 10.5. The molecule has 3 amide bonds. The molecule has 0 spiro atoms. The summed E-state index contributed by atoms with van der Waals surface area (Å²) in [6.45, 7) is -0.388. The number of hydrogen-bond acceptors (Lipinski definition) is 6. The van der Waals surface area contributed by atoms with Crippen molar-refractivity contribution in [2.45, 2.75) is 6.54 Å². The van der Waals surface area contributed by atoms with E-state index in [0.717, 1.165) is 16.9 Å². The molecule has 1 aromatic heterocycles. The molecule has 0 aliphatic carbocycles. The summed E-state index contributed by atoms with van der Waals surface area (Å²) in [5, 5.41) is 5.70. The van der Waals surface area contributed by atoms with Gasteiger partial charge in [-0.15, -0.1) is 11.3 Å². The zero-order valence-electron chi connectivity index (χ0n) is 15.7. The van der Waals surface area contributed by atoms with E-state index in [2.05, 4.69) is 10.6 Å². The first-order chi connectivity index (χ1) is 14.4. The number of halogens is 2. The molecule has 3 rings (SSSR count). The topological polar surface area (TPSA) is 93.7 Å². The van der Waals surface area contributed by atoms with Crippen LogP contribution in [0.2, 0.25) is 10.0 Å². The van der Waals surface area contributed by atoms with Crippen molar-refractivity contribution in [2.75, 3.05) is 13.7 Å². The number of fused-ring (bicyclic) bond motifs is 1. The van der Waals surface area contributed by atoms with Crippen LogP contribution in [0.3, 0.4) is 0 Å². The highest BCUT2D eigenvalue weighted by atomic mass is 35.5. The zero-order valence-corrected chi connectivity index (χ0v) is 18.0. The molecule has 0 unspecified atom stereocenters. The Morgan fingerprint density at radius 1 is 1.03 bits per heavy atom. The van der Waals surface area contributed by atoms with Crippen molar-refractivity contribution >= 4 is 62.5 Å². The standard InChI is InChI=1S/C20H16Cl2N2O5S/c1-28-13-8-7-12-15(21)18(30-17(12)16(13)22)19(26)29-10-14(25)24-20(27)23-9-11-5-3-2-4-6-11/h2-8H,9-10H2,1H3,(H2,23,24,25,27). The van der Waals surface area contributed by atoms with Crippen LogP contribution in [-0.2, 0) is 16.1 Å². The van der Waals surface area contributed by atoms with Crippen molar-refractivity contribution < 1.29 is 23.9 Å². The second-order valence-electron chi connectivity index (χ2n) is 6.00. The van der Waals surface area contributed by atoms with Crippen molar-refractivity contribution in [2.24, 2.45) is 0 Å². The van der Waals surface area contributed by atoms with Crippen molar-refractivity contribution in [1.29, 1.82) is 0 Å². The molecule has 10 heteroatoms. The number of benzene rings is 2. The third-order valence-electron chi connectivity index (χ3n) is 3.99. The summed E-state index contributed by atoms with van der Waals surface area (Å²) in [6.07, 6.45) is 0. The molecule has 0 saturated heterocycles. The Morgan fingerprint density at radius 2 is 1.77 bits per heavy atom. The van der Waals surface area contributed by atoms with Crippen molar-refractivity contribution in [3.05, 3.63) is 63.0 Å². The monoisotopic (exact) mass is 466 g/mol. The van der Waals surface area contributed by atoms with Crippen LogP contribution >= 0.6 is 34.5 Å². The number of carbonyl (C=O) groups excluding carboxylic acids is 3. The molecule has 2 N–H and O–H groups in total. The minimum Gasteiger partial charge on any atom is -0.495 e. The average Bonchev–Trinajstić information content (AvgIpc) is 3.09. The number of carbonyl (C=O) groups is 3. The van der Waals surface area contributed by atoms with E-state index in [-0.39, 0.29) is 16.4 Å². The quantitative estimate of drug-likeness (QED) is 0.525. The van der Waals surface area contributed by atoms with Gasteiger partial charge in [0.2, 0.25) is 0 Å². The van der Waals surface area contributed by atoms with Crippen LogP contribution in [0.25, 0.3) is 10.1 Å².